The number of carboxylic acid groups (broad SMARTS) is 1. The van der Waals surface area contributed by atoms with E-state index in [0.717, 1.165) is 10.4 Å². The van der Waals surface area contributed by atoms with E-state index < -0.39 is 21.8 Å². The largest absolute Gasteiger partial charge is 0.475 e. The van der Waals surface area contributed by atoms with Crippen LogP contribution in [0, 0.1) is 0 Å². The first-order valence-electron chi connectivity index (χ1n) is 4.79. The van der Waals surface area contributed by atoms with Gasteiger partial charge in [-0.15, -0.1) is 0 Å². The van der Waals surface area contributed by atoms with E-state index in [0.29, 0.717) is 5.57 Å². The molecule has 1 aromatic rings. The number of rotatable bonds is 5. The summed E-state index contributed by atoms with van der Waals surface area (Å²) in [5, 5.41) is 8.74. The monoisotopic (exact) mass is 337 g/mol. The highest BCUT2D eigenvalue weighted by Gasteiger charge is 2.28. The van der Waals surface area contributed by atoms with Gasteiger partial charge in [-0.1, -0.05) is 12.2 Å². The minimum atomic E-state index is -3.81. The van der Waals surface area contributed by atoms with Crippen LogP contribution in [0.2, 0.25) is 0 Å². The maximum Gasteiger partial charge on any atom is 0.371 e. The van der Waals surface area contributed by atoms with Gasteiger partial charge in [-0.05, 0) is 22.9 Å². The third kappa shape index (κ3) is 3.01. The minimum Gasteiger partial charge on any atom is -0.475 e. The van der Waals surface area contributed by atoms with Crippen LogP contribution in [0.5, 0.6) is 0 Å². The van der Waals surface area contributed by atoms with Crippen molar-refractivity contribution in [3.8, 4) is 0 Å². The Bertz CT molecular complexity index is 589. The second kappa shape index (κ2) is 5.25. The molecule has 1 N–H and O–H groups in total. The Hall–Kier alpha value is -1.12. The molecule has 0 atom stereocenters. The van der Waals surface area contributed by atoms with E-state index in [1.165, 1.54) is 7.05 Å². The Kier molecular flexibility index (Phi) is 4.36. The molecule has 18 heavy (non-hydrogen) atoms. The molecule has 0 amide bonds. The standard InChI is InChI=1S/C10H12BrNO5S/c1-6(2)5-12(3)18(15,16)8-4-7(10(13)14)17-9(8)11/h4H,1,5H2,2-3H3,(H,13,14). The fourth-order valence-corrected chi connectivity index (χ4v) is 3.40. The second-order valence-corrected chi connectivity index (χ2v) is 6.51. The lowest BCUT2D eigenvalue weighted by molar-refractivity contribution is 0.0661. The fourth-order valence-electron chi connectivity index (χ4n) is 1.27. The first-order valence-corrected chi connectivity index (χ1v) is 7.03. The molecule has 1 rings (SSSR count). The van der Waals surface area contributed by atoms with E-state index in [-0.39, 0.29) is 16.1 Å². The molecule has 1 aromatic heterocycles. The van der Waals surface area contributed by atoms with Crippen molar-refractivity contribution in [1.82, 2.24) is 4.31 Å². The number of likely N-dealkylation sites (N-methyl/N-ethyl adjacent to an activating group) is 1. The van der Waals surface area contributed by atoms with E-state index in [1.807, 2.05) is 0 Å². The van der Waals surface area contributed by atoms with Crippen LogP contribution in [-0.4, -0.2) is 37.4 Å². The van der Waals surface area contributed by atoms with Gasteiger partial charge < -0.3 is 9.52 Å². The summed E-state index contributed by atoms with van der Waals surface area (Å²) in [6, 6.07) is 0.969. The Morgan fingerprint density at radius 3 is 2.56 bits per heavy atom. The van der Waals surface area contributed by atoms with E-state index >= 15 is 0 Å². The first-order chi connectivity index (χ1) is 8.16. The van der Waals surface area contributed by atoms with E-state index in [1.54, 1.807) is 6.92 Å². The third-order valence-corrected chi connectivity index (χ3v) is 4.71. The lowest BCUT2D eigenvalue weighted by Crippen LogP contribution is -2.28. The van der Waals surface area contributed by atoms with Gasteiger partial charge in [0.15, 0.2) is 4.67 Å². The van der Waals surface area contributed by atoms with Gasteiger partial charge in [0.1, 0.15) is 4.90 Å². The van der Waals surface area contributed by atoms with Crippen molar-refractivity contribution < 1.29 is 22.7 Å². The molecule has 8 heteroatoms. The van der Waals surface area contributed by atoms with Crippen LogP contribution in [-0.2, 0) is 10.0 Å². The molecule has 0 radical (unpaired) electrons. The maximum atomic E-state index is 12.1. The zero-order valence-electron chi connectivity index (χ0n) is 9.81. The SMILES string of the molecule is C=C(C)CN(C)S(=O)(=O)c1cc(C(=O)O)oc1Br. The molecular formula is C10H12BrNO5S. The highest BCUT2D eigenvalue weighted by atomic mass is 79.9. The van der Waals surface area contributed by atoms with Gasteiger partial charge in [0.2, 0.25) is 15.8 Å². The number of hydrogen-bond acceptors (Lipinski definition) is 4. The highest BCUT2D eigenvalue weighted by molar-refractivity contribution is 9.10. The van der Waals surface area contributed by atoms with Crippen molar-refractivity contribution in [1.29, 1.82) is 0 Å². The first kappa shape index (κ1) is 14.9. The van der Waals surface area contributed by atoms with Gasteiger partial charge in [0.25, 0.3) is 0 Å². The zero-order chi connectivity index (χ0) is 14.1. The van der Waals surface area contributed by atoms with Crippen molar-refractivity contribution in [2.45, 2.75) is 11.8 Å². The molecule has 100 valence electrons. The number of halogens is 1. The van der Waals surface area contributed by atoms with Crippen LogP contribution < -0.4 is 0 Å². The Balaban J connectivity index is 3.20. The van der Waals surface area contributed by atoms with Gasteiger partial charge in [-0.3, -0.25) is 0 Å². The minimum absolute atomic E-state index is 0.131. The summed E-state index contributed by atoms with van der Waals surface area (Å²) >= 11 is 2.90. The molecule has 1 heterocycles. The van der Waals surface area contributed by atoms with Crippen molar-refractivity contribution in [3.63, 3.8) is 0 Å². The molecule has 0 unspecified atom stereocenters. The van der Waals surface area contributed by atoms with Crippen molar-refractivity contribution >= 4 is 31.9 Å². The van der Waals surface area contributed by atoms with Gasteiger partial charge in [0, 0.05) is 19.7 Å². The predicted molar refractivity (Wildman–Crippen MR) is 68.0 cm³/mol. The number of carbonyl (C=O) groups is 1. The number of hydrogen-bond donors (Lipinski definition) is 1. The summed E-state index contributed by atoms with van der Waals surface area (Å²) in [5.74, 6) is -1.77. The van der Waals surface area contributed by atoms with E-state index in [4.69, 9.17) is 9.52 Å². The molecule has 6 nitrogen and oxygen atoms in total. The summed E-state index contributed by atoms with van der Waals surface area (Å²) in [5.41, 5.74) is 0.666. The predicted octanol–water partition coefficient (Wildman–Crippen LogP) is 1.94. The third-order valence-electron chi connectivity index (χ3n) is 2.05. The Morgan fingerprint density at radius 2 is 2.17 bits per heavy atom. The van der Waals surface area contributed by atoms with E-state index in [9.17, 15) is 13.2 Å². The second-order valence-electron chi connectivity index (χ2n) is 3.77. The van der Waals surface area contributed by atoms with Crippen LogP contribution in [0.1, 0.15) is 17.5 Å². The van der Waals surface area contributed by atoms with Crippen molar-refractivity contribution in [2.24, 2.45) is 0 Å². The summed E-state index contributed by atoms with van der Waals surface area (Å²) in [4.78, 5) is 10.5. The maximum absolute atomic E-state index is 12.1. The van der Waals surface area contributed by atoms with Gasteiger partial charge >= 0.3 is 5.97 Å². The number of nitrogens with zero attached hydrogens (tertiary/aromatic N) is 1. The van der Waals surface area contributed by atoms with Crippen LogP contribution in [0.3, 0.4) is 0 Å². The number of furan rings is 1. The molecule has 0 aliphatic carbocycles. The lowest BCUT2D eigenvalue weighted by atomic mass is 10.4. The van der Waals surface area contributed by atoms with Crippen LogP contribution in [0.25, 0.3) is 0 Å². The quantitative estimate of drug-likeness (QED) is 0.829. The number of aromatic carboxylic acids is 1. The lowest BCUT2D eigenvalue weighted by Gasteiger charge is -2.15. The molecular weight excluding hydrogens is 326 g/mol. The average molecular weight is 338 g/mol. The van der Waals surface area contributed by atoms with Crippen LogP contribution in [0.15, 0.2) is 32.2 Å². The molecule has 0 spiro atoms. The number of carboxylic acids is 1. The van der Waals surface area contributed by atoms with Crippen molar-refractivity contribution in [3.05, 3.63) is 28.6 Å². The molecule has 0 fully saturated rings. The van der Waals surface area contributed by atoms with E-state index in [2.05, 4.69) is 22.5 Å². The molecule has 0 bridgehead atoms. The average Bonchev–Trinajstić information content (AvgIpc) is 2.59. The van der Waals surface area contributed by atoms with Gasteiger partial charge in [0.05, 0.1) is 0 Å². The normalized spacial score (nSPS) is 11.8. The number of sulfonamides is 1. The Morgan fingerprint density at radius 1 is 1.61 bits per heavy atom. The smallest absolute Gasteiger partial charge is 0.371 e. The Labute approximate surface area is 113 Å². The van der Waals surface area contributed by atoms with Gasteiger partial charge in [-0.2, -0.15) is 4.31 Å². The zero-order valence-corrected chi connectivity index (χ0v) is 12.2. The summed E-state index contributed by atoms with van der Waals surface area (Å²) < 4.78 is 30.0. The molecule has 0 saturated heterocycles. The summed E-state index contributed by atoms with van der Waals surface area (Å²) in [6.07, 6.45) is 0. The van der Waals surface area contributed by atoms with Crippen molar-refractivity contribution in [2.75, 3.05) is 13.6 Å². The summed E-state index contributed by atoms with van der Waals surface area (Å²) in [6.45, 7) is 5.46. The highest BCUT2D eigenvalue weighted by Crippen LogP contribution is 2.28. The molecule has 0 aromatic carbocycles. The topological polar surface area (TPSA) is 87.8 Å². The molecule has 0 aliphatic heterocycles. The van der Waals surface area contributed by atoms with Crippen LogP contribution in [0.4, 0.5) is 0 Å². The van der Waals surface area contributed by atoms with Crippen LogP contribution >= 0.6 is 15.9 Å². The molecule has 0 saturated carbocycles. The van der Waals surface area contributed by atoms with Gasteiger partial charge in [-0.25, -0.2) is 13.2 Å². The summed E-state index contributed by atoms with van der Waals surface area (Å²) in [7, 11) is -2.43. The molecule has 0 aliphatic rings. The fraction of sp³-hybridized carbons (Fsp3) is 0.300.